The maximum atomic E-state index is 9.63. The van der Waals surface area contributed by atoms with Crippen molar-refractivity contribution in [2.75, 3.05) is 19.7 Å². The lowest BCUT2D eigenvalue weighted by atomic mass is 9.95. The predicted molar refractivity (Wildman–Crippen MR) is 136 cm³/mol. The number of phenolic OH excluding ortho intramolecular Hbond substituents is 1. The van der Waals surface area contributed by atoms with E-state index in [2.05, 4.69) is 42.6 Å². The standard InChI is InChI=1S/C28H28ClNO3/c1-2-30-15-16-32-26-12-6-20(7-13-26)3-8-22(17-21-4-10-25(31)11-5-21)23-9-14-27-24(18-23)19-28(29)33-27/h4-7,9-14,17-19,30-31H,2-3,8,15-16H2,1H3. The third kappa shape index (κ3) is 6.41. The molecule has 0 aliphatic heterocycles. The van der Waals surface area contributed by atoms with Crippen molar-refractivity contribution in [1.82, 2.24) is 5.32 Å². The molecule has 0 aliphatic rings. The van der Waals surface area contributed by atoms with Crippen LogP contribution in [0.25, 0.3) is 22.6 Å². The van der Waals surface area contributed by atoms with E-state index in [1.54, 1.807) is 12.1 Å². The topological polar surface area (TPSA) is 54.6 Å². The van der Waals surface area contributed by atoms with Crippen LogP contribution in [-0.2, 0) is 6.42 Å². The first-order valence-electron chi connectivity index (χ1n) is 11.2. The van der Waals surface area contributed by atoms with Crippen LogP contribution in [0.4, 0.5) is 0 Å². The third-order valence-electron chi connectivity index (χ3n) is 5.49. The number of likely N-dealkylation sites (N-methyl/N-ethyl adjacent to an activating group) is 1. The Balaban J connectivity index is 1.51. The van der Waals surface area contributed by atoms with Crippen LogP contribution in [-0.4, -0.2) is 24.8 Å². The fraction of sp³-hybridized carbons (Fsp3) is 0.214. The van der Waals surface area contributed by atoms with Gasteiger partial charge in [0.2, 0.25) is 0 Å². The Kier molecular flexibility index (Phi) is 7.71. The molecule has 0 unspecified atom stereocenters. The van der Waals surface area contributed by atoms with Crippen molar-refractivity contribution in [2.24, 2.45) is 0 Å². The molecule has 1 aromatic heterocycles. The summed E-state index contributed by atoms with van der Waals surface area (Å²) in [5.41, 5.74) is 5.38. The Hall–Kier alpha value is -3.21. The molecule has 0 spiro atoms. The second kappa shape index (κ2) is 11.1. The van der Waals surface area contributed by atoms with Gasteiger partial charge in [-0.25, -0.2) is 0 Å². The molecule has 5 heteroatoms. The molecule has 0 atom stereocenters. The van der Waals surface area contributed by atoms with Gasteiger partial charge in [0.25, 0.3) is 0 Å². The zero-order valence-electron chi connectivity index (χ0n) is 18.7. The van der Waals surface area contributed by atoms with Crippen LogP contribution < -0.4 is 10.1 Å². The van der Waals surface area contributed by atoms with E-state index >= 15 is 0 Å². The van der Waals surface area contributed by atoms with Gasteiger partial charge >= 0.3 is 0 Å². The number of aryl methyl sites for hydroxylation is 1. The van der Waals surface area contributed by atoms with Gasteiger partial charge in [-0.2, -0.15) is 0 Å². The van der Waals surface area contributed by atoms with Gasteiger partial charge in [-0.15, -0.1) is 0 Å². The Morgan fingerprint density at radius 2 is 1.82 bits per heavy atom. The van der Waals surface area contributed by atoms with Crippen LogP contribution in [0.1, 0.15) is 30.0 Å². The first-order valence-corrected chi connectivity index (χ1v) is 11.6. The summed E-state index contributed by atoms with van der Waals surface area (Å²) in [4.78, 5) is 0. The number of ether oxygens (including phenoxy) is 1. The van der Waals surface area contributed by atoms with Crippen molar-refractivity contribution in [1.29, 1.82) is 0 Å². The highest BCUT2D eigenvalue weighted by Crippen LogP contribution is 2.30. The highest BCUT2D eigenvalue weighted by Gasteiger charge is 2.08. The molecule has 2 N–H and O–H groups in total. The van der Waals surface area contributed by atoms with E-state index in [4.69, 9.17) is 20.8 Å². The number of nitrogens with one attached hydrogen (secondary N) is 1. The van der Waals surface area contributed by atoms with Crippen molar-refractivity contribution >= 4 is 34.2 Å². The summed E-state index contributed by atoms with van der Waals surface area (Å²) in [6.07, 6.45) is 3.92. The number of hydrogen-bond donors (Lipinski definition) is 2. The molecule has 0 aliphatic carbocycles. The van der Waals surface area contributed by atoms with Gasteiger partial charge in [0.05, 0.1) is 0 Å². The largest absolute Gasteiger partial charge is 0.508 e. The number of furan rings is 1. The van der Waals surface area contributed by atoms with Crippen molar-refractivity contribution < 1.29 is 14.3 Å². The molecule has 0 saturated carbocycles. The summed E-state index contributed by atoms with van der Waals surface area (Å²) in [7, 11) is 0. The van der Waals surface area contributed by atoms with Crippen molar-refractivity contribution in [3.8, 4) is 11.5 Å². The predicted octanol–water partition coefficient (Wildman–Crippen LogP) is 6.95. The Morgan fingerprint density at radius 1 is 1.03 bits per heavy atom. The summed E-state index contributed by atoms with van der Waals surface area (Å²) >= 11 is 6.04. The summed E-state index contributed by atoms with van der Waals surface area (Å²) in [5.74, 6) is 1.15. The zero-order chi connectivity index (χ0) is 23.0. The number of halogens is 1. The Labute approximate surface area is 199 Å². The second-order valence-corrected chi connectivity index (χ2v) is 8.28. The number of phenols is 1. The molecule has 4 nitrogen and oxygen atoms in total. The molecule has 4 rings (SSSR count). The molecule has 0 saturated heterocycles. The van der Waals surface area contributed by atoms with E-state index < -0.39 is 0 Å². The molecule has 4 aromatic rings. The van der Waals surface area contributed by atoms with Gasteiger partial charge < -0.3 is 19.6 Å². The number of hydrogen-bond acceptors (Lipinski definition) is 4. The lowest BCUT2D eigenvalue weighted by Crippen LogP contribution is -2.20. The Morgan fingerprint density at radius 3 is 2.58 bits per heavy atom. The van der Waals surface area contributed by atoms with Gasteiger partial charge in [-0.3, -0.25) is 0 Å². The number of aromatic hydroxyl groups is 1. The summed E-state index contributed by atoms with van der Waals surface area (Å²) in [6, 6.07) is 23.5. The van der Waals surface area contributed by atoms with Gasteiger partial charge in [0.15, 0.2) is 5.22 Å². The van der Waals surface area contributed by atoms with E-state index in [1.807, 2.05) is 36.4 Å². The van der Waals surface area contributed by atoms with Crippen molar-refractivity contribution in [3.05, 3.63) is 94.7 Å². The van der Waals surface area contributed by atoms with Gasteiger partial charge in [-0.1, -0.05) is 43.3 Å². The second-order valence-electron chi connectivity index (χ2n) is 7.91. The van der Waals surface area contributed by atoms with E-state index in [0.717, 1.165) is 53.8 Å². The third-order valence-corrected chi connectivity index (χ3v) is 5.68. The van der Waals surface area contributed by atoms with Gasteiger partial charge in [-0.05, 0) is 89.6 Å². The van der Waals surface area contributed by atoms with E-state index in [1.165, 1.54) is 11.1 Å². The molecule has 3 aromatic carbocycles. The number of rotatable bonds is 10. The maximum absolute atomic E-state index is 9.63. The quantitative estimate of drug-likeness (QED) is 0.198. The SMILES string of the molecule is CCNCCOc1ccc(CCC(=Cc2ccc(O)cc2)c2ccc3oc(Cl)cc3c2)cc1. The molecule has 0 radical (unpaired) electrons. The van der Waals surface area contributed by atoms with Crippen LogP contribution in [0.15, 0.2) is 77.2 Å². The normalized spacial score (nSPS) is 11.8. The monoisotopic (exact) mass is 461 g/mol. The van der Waals surface area contributed by atoms with E-state index in [-0.39, 0.29) is 5.75 Å². The lowest BCUT2D eigenvalue weighted by Gasteiger charge is -2.11. The zero-order valence-corrected chi connectivity index (χ0v) is 19.4. The average molecular weight is 462 g/mol. The van der Waals surface area contributed by atoms with Crippen LogP contribution in [0.5, 0.6) is 11.5 Å². The fourth-order valence-corrected chi connectivity index (χ4v) is 3.93. The number of fused-ring (bicyclic) bond motifs is 1. The first-order chi connectivity index (χ1) is 16.1. The highest BCUT2D eigenvalue weighted by atomic mass is 35.5. The summed E-state index contributed by atoms with van der Waals surface area (Å²) < 4.78 is 11.3. The summed E-state index contributed by atoms with van der Waals surface area (Å²) in [6.45, 7) is 4.54. The van der Waals surface area contributed by atoms with Gasteiger partial charge in [0, 0.05) is 18.0 Å². The average Bonchev–Trinajstić information content (AvgIpc) is 3.21. The van der Waals surface area contributed by atoms with Crippen LogP contribution in [0.2, 0.25) is 5.22 Å². The molecular formula is C28H28ClNO3. The van der Waals surface area contributed by atoms with Crippen molar-refractivity contribution in [3.63, 3.8) is 0 Å². The molecule has 0 bridgehead atoms. The summed E-state index contributed by atoms with van der Waals surface area (Å²) in [5, 5.41) is 14.2. The van der Waals surface area contributed by atoms with E-state index in [0.29, 0.717) is 11.8 Å². The molecule has 170 valence electrons. The van der Waals surface area contributed by atoms with Gasteiger partial charge in [0.1, 0.15) is 23.7 Å². The minimum Gasteiger partial charge on any atom is -0.508 e. The number of benzene rings is 3. The van der Waals surface area contributed by atoms with E-state index in [9.17, 15) is 5.11 Å². The molecule has 0 fully saturated rings. The van der Waals surface area contributed by atoms with Crippen LogP contribution in [0, 0.1) is 0 Å². The maximum Gasteiger partial charge on any atom is 0.194 e. The minimum absolute atomic E-state index is 0.260. The van der Waals surface area contributed by atoms with Crippen molar-refractivity contribution in [2.45, 2.75) is 19.8 Å². The fourth-order valence-electron chi connectivity index (χ4n) is 3.73. The first kappa shape index (κ1) is 23.0. The van der Waals surface area contributed by atoms with Crippen LogP contribution >= 0.6 is 11.6 Å². The Bertz CT molecular complexity index is 1210. The molecule has 1 heterocycles. The van der Waals surface area contributed by atoms with Crippen LogP contribution in [0.3, 0.4) is 0 Å². The smallest absolute Gasteiger partial charge is 0.194 e. The number of allylic oxidation sites excluding steroid dienone is 1. The minimum atomic E-state index is 0.260. The highest BCUT2D eigenvalue weighted by molar-refractivity contribution is 6.29. The molecular weight excluding hydrogens is 434 g/mol. The molecule has 0 amide bonds. The lowest BCUT2D eigenvalue weighted by molar-refractivity contribution is 0.315. The molecule has 33 heavy (non-hydrogen) atoms.